The van der Waals surface area contributed by atoms with Gasteiger partial charge in [-0.15, -0.1) is 0 Å². The van der Waals surface area contributed by atoms with E-state index in [0.717, 1.165) is 6.42 Å². The first kappa shape index (κ1) is 11.4. The molecular weight excluding hydrogens is 160 g/mol. The molecule has 0 amide bonds. The standard InChI is InChI=1S/C8H16O4/c1-2-4-7(10)12-8(11)5-3-6-9/h7,9-10H,2-6H2,1H3. The largest absolute Gasteiger partial charge is 0.436 e. The predicted octanol–water partition coefficient (Wildman–Crippen LogP) is 0.421. The highest BCUT2D eigenvalue weighted by Crippen LogP contribution is 2.01. The van der Waals surface area contributed by atoms with Gasteiger partial charge in [0.2, 0.25) is 6.29 Å². The Hall–Kier alpha value is -0.610. The summed E-state index contributed by atoms with van der Waals surface area (Å²) in [6.45, 7) is 1.86. The van der Waals surface area contributed by atoms with Crippen LogP contribution in [0.25, 0.3) is 0 Å². The number of rotatable bonds is 6. The van der Waals surface area contributed by atoms with E-state index in [9.17, 15) is 4.79 Å². The second-order valence-electron chi connectivity index (χ2n) is 2.56. The maximum absolute atomic E-state index is 10.8. The number of carbonyl (C=O) groups is 1. The van der Waals surface area contributed by atoms with Crippen LogP contribution in [0.5, 0.6) is 0 Å². The second kappa shape index (κ2) is 7.06. The van der Waals surface area contributed by atoms with Gasteiger partial charge in [-0.25, -0.2) is 0 Å². The van der Waals surface area contributed by atoms with E-state index in [0.29, 0.717) is 12.8 Å². The molecule has 4 nitrogen and oxygen atoms in total. The van der Waals surface area contributed by atoms with Gasteiger partial charge in [-0.2, -0.15) is 0 Å². The number of hydrogen-bond acceptors (Lipinski definition) is 4. The minimum atomic E-state index is -0.985. The van der Waals surface area contributed by atoms with E-state index in [-0.39, 0.29) is 13.0 Å². The van der Waals surface area contributed by atoms with Crippen LogP contribution in [0.3, 0.4) is 0 Å². The minimum absolute atomic E-state index is 0.0288. The third-order valence-corrected chi connectivity index (χ3v) is 1.34. The van der Waals surface area contributed by atoms with Crippen molar-refractivity contribution < 1.29 is 19.7 Å². The first-order valence-corrected chi connectivity index (χ1v) is 4.19. The van der Waals surface area contributed by atoms with Gasteiger partial charge >= 0.3 is 5.97 Å². The van der Waals surface area contributed by atoms with Crippen LogP contribution in [-0.2, 0) is 9.53 Å². The fourth-order valence-electron chi connectivity index (χ4n) is 0.740. The molecule has 0 fully saturated rings. The van der Waals surface area contributed by atoms with Crippen LogP contribution in [0.2, 0.25) is 0 Å². The Labute approximate surface area is 72.2 Å². The summed E-state index contributed by atoms with van der Waals surface area (Å²) in [6, 6.07) is 0. The minimum Gasteiger partial charge on any atom is -0.436 e. The van der Waals surface area contributed by atoms with Crippen molar-refractivity contribution in [2.24, 2.45) is 0 Å². The van der Waals surface area contributed by atoms with E-state index in [2.05, 4.69) is 4.74 Å². The molecule has 0 aliphatic carbocycles. The van der Waals surface area contributed by atoms with Gasteiger partial charge in [-0.1, -0.05) is 13.3 Å². The SMILES string of the molecule is CCCC(O)OC(=O)CCCO. The Morgan fingerprint density at radius 2 is 2.25 bits per heavy atom. The fourth-order valence-corrected chi connectivity index (χ4v) is 0.740. The van der Waals surface area contributed by atoms with Crippen LogP contribution in [0.4, 0.5) is 0 Å². The average Bonchev–Trinajstić information content (AvgIpc) is 2.01. The zero-order valence-electron chi connectivity index (χ0n) is 7.32. The summed E-state index contributed by atoms with van der Waals surface area (Å²) >= 11 is 0. The van der Waals surface area contributed by atoms with E-state index in [4.69, 9.17) is 10.2 Å². The van der Waals surface area contributed by atoms with Gasteiger partial charge in [-0.05, 0) is 6.42 Å². The molecule has 0 aromatic heterocycles. The van der Waals surface area contributed by atoms with Crippen LogP contribution in [0.1, 0.15) is 32.6 Å². The Balaban J connectivity index is 3.40. The lowest BCUT2D eigenvalue weighted by Crippen LogP contribution is -2.17. The van der Waals surface area contributed by atoms with E-state index < -0.39 is 12.3 Å². The van der Waals surface area contributed by atoms with Crippen LogP contribution in [0.15, 0.2) is 0 Å². The lowest BCUT2D eigenvalue weighted by Gasteiger charge is -2.09. The van der Waals surface area contributed by atoms with Gasteiger partial charge in [0.15, 0.2) is 0 Å². The first-order valence-electron chi connectivity index (χ1n) is 4.19. The maximum atomic E-state index is 10.8. The zero-order chi connectivity index (χ0) is 9.40. The number of aliphatic hydroxyl groups excluding tert-OH is 2. The average molecular weight is 176 g/mol. The highest BCUT2D eigenvalue weighted by Gasteiger charge is 2.08. The van der Waals surface area contributed by atoms with Gasteiger partial charge in [0.05, 0.1) is 0 Å². The number of esters is 1. The van der Waals surface area contributed by atoms with Crippen molar-refractivity contribution >= 4 is 5.97 Å². The number of hydrogen-bond donors (Lipinski definition) is 2. The van der Waals surface area contributed by atoms with Crippen LogP contribution in [0, 0.1) is 0 Å². The Kier molecular flexibility index (Phi) is 6.70. The van der Waals surface area contributed by atoms with Crippen molar-refractivity contribution in [1.82, 2.24) is 0 Å². The summed E-state index contributed by atoms with van der Waals surface area (Å²) < 4.78 is 4.60. The van der Waals surface area contributed by atoms with Gasteiger partial charge in [-0.3, -0.25) is 4.79 Å². The van der Waals surface area contributed by atoms with Crippen molar-refractivity contribution in [3.63, 3.8) is 0 Å². The lowest BCUT2D eigenvalue weighted by atomic mass is 10.3. The van der Waals surface area contributed by atoms with Gasteiger partial charge < -0.3 is 14.9 Å². The Bertz CT molecular complexity index is 124. The Morgan fingerprint density at radius 1 is 1.58 bits per heavy atom. The van der Waals surface area contributed by atoms with Crippen LogP contribution >= 0.6 is 0 Å². The third-order valence-electron chi connectivity index (χ3n) is 1.34. The molecular formula is C8H16O4. The van der Waals surface area contributed by atoms with Crippen molar-refractivity contribution in [2.45, 2.75) is 38.9 Å². The van der Waals surface area contributed by atoms with Crippen molar-refractivity contribution in [2.75, 3.05) is 6.61 Å². The molecule has 0 radical (unpaired) electrons. The van der Waals surface area contributed by atoms with E-state index in [1.165, 1.54) is 0 Å². The van der Waals surface area contributed by atoms with Gasteiger partial charge in [0, 0.05) is 19.4 Å². The van der Waals surface area contributed by atoms with Crippen molar-refractivity contribution in [1.29, 1.82) is 0 Å². The smallest absolute Gasteiger partial charge is 0.308 e. The molecule has 0 aliphatic rings. The molecule has 0 spiro atoms. The fraction of sp³-hybridized carbons (Fsp3) is 0.875. The first-order chi connectivity index (χ1) is 5.70. The molecule has 0 heterocycles. The highest BCUT2D eigenvalue weighted by atomic mass is 16.6. The summed E-state index contributed by atoms with van der Waals surface area (Å²) in [6.07, 6.45) is 0.801. The molecule has 0 saturated heterocycles. The van der Waals surface area contributed by atoms with Gasteiger partial charge in [0.1, 0.15) is 0 Å². The van der Waals surface area contributed by atoms with E-state index >= 15 is 0 Å². The Morgan fingerprint density at radius 3 is 2.75 bits per heavy atom. The predicted molar refractivity (Wildman–Crippen MR) is 43.3 cm³/mol. The van der Waals surface area contributed by atoms with E-state index in [1.807, 2.05) is 6.92 Å². The second-order valence-corrected chi connectivity index (χ2v) is 2.56. The summed E-state index contributed by atoms with van der Waals surface area (Å²) in [5, 5.41) is 17.4. The van der Waals surface area contributed by atoms with Crippen molar-refractivity contribution in [3.8, 4) is 0 Å². The summed E-state index contributed by atoms with van der Waals surface area (Å²) in [4.78, 5) is 10.8. The molecule has 0 rings (SSSR count). The molecule has 0 aliphatic heterocycles. The quantitative estimate of drug-likeness (QED) is 0.454. The maximum Gasteiger partial charge on any atom is 0.308 e. The zero-order valence-corrected chi connectivity index (χ0v) is 7.32. The molecule has 2 N–H and O–H groups in total. The molecule has 4 heteroatoms. The molecule has 0 saturated carbocycles. The topological polar surface area (TPSA) is 66.8 Å². The molecule has 1 atom stereocenters. The number of aliphatic hydroxyl groups is 2. The third kappa shape index (κ3) is 6.12. The molecule has 0 aromatic carbocycles. The van der Waals surface area contributed by atoms with Crippen molar-refractivity contribution in [3.05, 3.63) is 0 Å². The molecule has 1 unspecified atom stereocenters. The molecule has 0 aromatic rings. The number of ether oxygens (including phenoxy) is 1. The van der Waals surface area contributed by atoms with Gasteiger partial charge in [0.25, 0.3) is 0 Å². The normalized spacial score (nSPS) is 12.6. The summed E-state index contributed by atoms with van der Waals surface area (Å²) in [5.41, 5.74) is 0. The summed E-state index contributed by atoms with van der Waals surface area (Å²) in [5.74, 6) is -0.454. The number of carbonyl (C=O) groups excluding carboxylic acids is 1. The lowest BCUT2D eigenvalue weighted by molar-refractivity contribution is -0.168. The molecule has 72 valence electrons. The van der Waals surface area contributed by atoms with Crippen LogP contribution < -0.4 is 0 Å². The summed E-state index contributed by atoms with van der Waals surface area (Å²) in [7, 11) is 0. The molecule has 12 heavy (non-hydrogen) atoms. The van der Waals surface area contributed by atoms with E-state index in [1.54, 1.807) is 0 Å². The molecule has 0 bridgehead atoms. The van der Waals surface area contributed by atoms with Crippen LogP contribution in [-0.4, -0.2) is 29.1 Å². The monoisotopic (exact) mass is 176 g/mol. The highest BCUT2D eigenvalue weighted by molar-refractivity contribution is 5.69.